The van der Waals surface area contributed by atoms with E-state index in [0.29, 0.717) is 35.3 Å². The highest BCUT2D eigenvalue weighted by molar-refractivity contribution is 6.24. The van der Waals surface area contributed by atoms with Gasteiger partial charge in [0, 0.05) is 35.3 Å². The van der Waals surface area contributed by atoms with E-state index in [4.69, 9.17) is 0 Å². The van der Waals surface area contributed by atoms with Crippen LogP contribution in [0.25, 0.3) is 0 Å². The first kappa shape index (κ1) is 14.4. The molecule has 4 heteroatoms. The number of hydrogen-bond donors (Lipinski definition) is 1. The smallest absolute Gasteiger partial charge is 0.220 e. The lowest BCUT2D eigenvalue weighted by molar-refractivity contribution is -0.121. The first-order valence-corrected chi connectivity index (χ1v) is 6.13. The largest absolute Gasteiger partial charge is 0.356 e. The van der Waals surface area contributed by atoms with Crippen molar-refractivity contribution in [2.45, 2.75) is 40.5 Å². The Hall–Kier alpha value is -1.71. The second-order valence-electron chi connectivity index (χ2n) is 4.47. The molecule has 4 nitrogen and oxygen atoms in total. The van der Waals surface area contributed by atoms with Crippen molar-refractivity contribution in [1.82, 2.24) is 5.32 Å². The molecule has 0 unspecified atom stereocenters. The fourth-order valence-electron chi connectivity index (χ4n) is 1.98. The average Bonchev–Trinajstić information content (AvgIpc) is 2.34. The normalized spacial score (nSPS) is 16.4. The van der Waals surface area contributed by atoms with Gasteiger partial charge in [-0.3, -0.25) is 14.4 Å². The van der Waals surface area contributed by atoms with Gasteiger partial charge in [-0.2, -0.15) is 0 Å². The van der Waals surface area contributed by atoms with Crippen molar-refractivity contribution >= 4 is 17.5 Å². The van der Waals surface area contributed by atoms with Crippen LogP contribution in [0.5, 0.6) is 0 Å². The Morgan fingerprint density at radius 3 is 2.11 bits per heavy atom. The lowest BCUT2D eigenvalue weighted by Gasteiger charge is -2.18. The summed E-state index contributed by atoms with van der Waals surface area (Å²) in [6.45, 7) is 7.40. The predicted molar refractivity (Wildman–Crippen MR) is 69.0 cm³/mol. The number of Topliss-reactive ketones (excluding diaryl/α,β-unsaturated/α-hetero) is 2. The first-order chi connectivity index (χ1) is 8.40. The predicted octanol–water partition coefficient (Wildman–Crippen LogP) is 1.71. The Labute approximate surface area is 107 Å². The summed E-state index contributed by atoms with van der Waals surface area (Å²) in [6.07, 6.45) is 0.568. The van der Waals surface area contributed by atoms with Crippen molar-refractivity contribution in [3.05, 3.63) is 22.3 Å². The van der Waals surface area contributed by atoms with Crippen LogP contribution < -0.4 is 5.32 Å². The van der Waals surface area contributed by atoms with Crippen LogP contribution in [-0.4, -0.2) is 24.0 Å². The topological polar surface area (TPSA) is 63.2 Å². The van der Waals surface area contributed by atoms with E-state index in [9.17, 15) is 14.4 Å². The Bertz CT molecular complexity index is 469. The average molecular weight is 249 g/mol. The molecular formula is C14H19NO3. The molecule has 0 aliphatic heterocycles. The highest BCUT2D eigenvalue weighted by Crippen LogP contribution is 2.26. The van der Waals surface area contributed by atoms with Crippen molar-refractivity contribution in [2.24, 2.45) is 0 Å². The second-order valence-corrected chi connectivity index (χ2v) is 4.47. The summed E-state index contributed by atoms with van der Waals surface area (Å²) in [6, 6.07) is 0. The number of amides is 1. The third-order valence-electron chi connectivity index (χ3n) is 3.29. The number of rotatable bonds is 4. The molecule has 0 heterocycles. The van der Waals surface area contributed by atoms with Gasteiger partial charge in [0.2, 0.25) is 5.91 Å². The molecular weight excluding hydrogens is 230 g/mol. The van der Waals surface area contributed by atoms with E-state index >= 15 is 0 Å². The summed E-state index contributed by atoms with van der Waals surface area (Å²) >= 11 is 0. The highest BCUT2D eigenvalue weighted by atomic mass is 16.2. The van der Waals surface area contributed by atoms with Crippen LogP contribution in [0.1, 0.15) is 40.5 Å². The molecule has 0 fully saturated rings. The quantitative estimate of drug-likeness (QED) is 0.771. The van der Waals surface area contributed by atoms with E-state index in [1.807, 2.05) is 6.92 Å². The molecule has 1 N–H and O–H groups in total. The van der Waals surface area contributed by atoms with Crippen LogP contribution in [0.15, 0.2) is 22.3 Å². The molecule has 0 saturated heterocycles. The SMILES string of the molecule is CCNC(=O)CCC1=C(C)C(=O)C(C)=C(C)C1=O. The molecule has 0 aromatic carbocycles. The molecule has 18 heavy (non-hydrogen) atoms. The number of allylic oxidation sites excluding steroid dienone is 4. The van der Waals surface area contributed by atoms with Crippen molar-refractivity contribution in [3.63, 3.8) is 0 Å². The van der Waals surface area contributed by atoms with Crippen LogP contribution in [0.3, 0.4) is 0 Å². The lowest BCUT2D eigenvalue weighted by atomic mass is 9.84. The summed E-state index contributed by atoms with van der Waals surface area (Å²) in [4.78, 5) is 35.3. The van der Waals surface area contributed by atoms with E-state index in [-0.39, 0.29) is 23.9 Å². The standard InChI is InChI=1S/C14H19NO3/c1-5-15-12(16)7-6-11-10(4)13(17)8(2)9(3)14(11)18/h5-7H2,1-4H3,(H,15,16). The Morgan fingerprint density at radius 1 is 1.00 bits per heavy atom. The summed E-state index contributed by atoms with van der Waals surface area (Å²) in [5.41, 5.74) is 1.97. The van der Waals surface area contributed by atoms with Crippen molar-refractivity contribution in [3.8, 4) is 0 Å². The summed E-state index contributed by atoms with van der Waals surface area (Å²) in [5.74, 6) is -0.283. The van der Waals surface area contributed by atoms with E-state index in [0.717, 1.165) is 0 Å². The van der Waals surface area contributed by atoms with Crippen molar-refractivity contribution < 1.29 is 14.4 Å². The van der Waals surface area contributed by atoms with Gasteiger partial charge in [-0.05, 0) is 34.1 Å². The maximum atomic E-state index is 12.1. The van der Waals surface area contributed by atoms with Gasteiger partial charge in [0.25, 0.3) is 0 Å². The monoisotopic (exact) mass is 249 g/mol. The molecule has 1 aliphatic rings. The van der Waals surface area contributed by atoms with Gasteiger partial charge in [0.05, 0.1) is 0 Å². The molecule has 1 rings (SSSR count). The molecule has 0 radical (unpaired) electrons. The molecule has 0 bridgehead atoms. The molecule has 1 aliphatic carbocycles. The fraction of sp³-hybridized carbons (Fsp3) is 0.500. The maximum absolute atomic E-state index is 12.1. The number of hydrogen-bond acceptors (Lipinski definition) is 3. The molecule has 0 aromatic heterocycles. The van der Waals surface area contributed by atoms with Gasteiger partial charge in [0.15, 0.2) is 11.6 Å². The third-order valence-corrected chi connectivity index (χ3v) is 3.29. The Kier molecular flexibility index (Phi) is 4.59. The number of carbonyl (C=O) groups excluding carboxylic acids is 3. The minimum Gasteiger partial charge on any atom is -0.356 e. The highest BCUT2D eigenvalue weighted by Gasteiger charge is 2.27. The lowest BCUT2D eigenvalue weighted by Crippen LogP contribution is -2.25. The van der Waals surface area contributed by atoms with E-state index in [1.54, 1.807) is 20.8 Å². The van der Waals surface area contributed by atoms with Crippen LogP contribution in [0.2, 0.25) is 0 Å². The zero-order valence-corrected chi connectivity index (χ0v) is 11.3. The van der Waals surface area contributed by atoms with Crippen LogP contribution in [0, 0.1) is 0 Å². The molecule has 0 spiro atoms. The minimum atomic E-state index is -0.103. The van der Waals surface area contributed by atoms with Crippen LogP contribution >= 0.6 is 0 Å². The van der Waals surface area contributed by atoms with Gasteiger partial charge >= 0.3 is 0 Å². The maximum Gasteiger partial charge on any atom is 0.220 e. The van der Waals surface area contributed by atoms with Gasteiger partial charge < -0.3 is 5.32 Å². The van der Waals surface area contributed by atoms with Gasteiger partial charge in [0.1, 0.15) is 0 Å². The zero-order chi connectivity index (χ0) is 13.9. The minimum absolute atomic E-state index is 0.0852. The number of carbonyl (C=O) groups is 3. The van der Waals surface area contributed by atoms with Crippen LogP contribution in [0.4, 0.5) is 0 Å². The number of ketones is 2. The molecule has 0 saturated carbocycles. The van der Waals surface area contributed by atoms with E-state index in [2.05, 4.69) is 5.32 Å². The molecule has 0 aromatic rings. The van der Waals surface area contributed by atoms with E-state index < -0.39 is 0 Å². The van der Waals surface area contributed by atoms with Gasteiger partial charge in [-0.25, -0.2) is 0 Å². The van der Waals surface area contributed by atoms with Crippen molar-refractivity contribution in [2.75, 3.05) is 6.54 Å². The van der Waals surface area contributed by atoms with Crippen LogP contribution in [-0.2, 0) is 14.4 Å². The van der Waals surface area contributed by atoms with Gasteiger partial charge in [-0.1, -0.05) is 0 Å². The first-order valence-electron chi connectivity index (χ1n) is 6.13. The zero-order valence-electron chi connectivity index (χ0n) is 11.3. The van der Waals surface area contributed by atoms with Crippen molar-refractivity contribution in [1.29, 1.82) is 0 Å². The summed E-state index contributed by atoms with van der Waals surface area (Å²) in [7, 11) is 0. The summed E-state index contributed by atoms with van der Waals surface area (Å²) < 4.78 is 0. The third kappa shape index (κ3) is 2.75. The van der Waals surface area contributed by atoms with Gasteiger partial charge in [-0.15, -0.1) is 0 Å². The fourth-order valence-corrected chi connectivity index (χ4v) is 1.98. The molecule has 98 valence electrons. The molecule has 1 amide bonds. The summed E-state index contributed by atoms with van der Waals surface area (Å²) in [5, 5.41) is 2.68. The van der Waals surface area contributed by atoms with E-state index in [1.165, 1.54) is 0 Å². The second kappa shape index (κ2) is 5.76. The number of nitrogens with one attached hydrogen (secondary N) is 1. The Morgan fingerprint density at radius 2 is 1.56 bits per heavy atom. The molecule has 0 atom stereocenters. The Balaban J connectivity index is 2.85.